The van der Waals surface area contributed by atoms with Gasteiger partial charge in [0.15, 0.2) is 11.0 Å². The van der Waals surface area contributed by atoms with Gasteiger partial charge in [0.25, 0.3) is 0 Å². The third-order valence-electron chi connectivity index (χ3n) is 6.09. The summed E-state index contributed by atoms with van der Waals surface area (Å²) in [5.74, 6) is 1.41. The second kappa shape index (κ2) is 10.4. The van der Waals surface area contributed by atoms with E-state index in [0.717, 1.165) is 22.0 Å². The maximum Gasteiger partial charge on any atom is 0.236 e. The largest absolute Gasteiger partial charge is 0.305 e. The van der Waals surface area contributed by atoms with E-state index in [0.29, 0.717) is 16.2 Å². The van der Waals surface area contributed by atoms with Gasteiger partial charge in [-0.15, -0.1) is 31.7 Å². The topological polar surface area (TPSA) is 85.6 Å². The van der Waals surface area contributed by atoms with Gasteiger partial charge in [0.2, 0.25) is 11.0 Å². The van der Waals surface area contributed by atoms with Gasteiger partial charge in [0, 0.05) is 34.3 Å². The number of hydrogen-bond acceptors (Lipinski definition) is 8. The Morgan fingerprint density at radius 3 is 2.71 bits per heavy atom. The molecule has 0 bridgehead atoms. The van der Waals surface area contributed by atoms with E-state index in [4.69, 9.17) is 0 Å². The van der Waals surface area contributed by atoms with Crippen LogP contribution in [0.1, 0.15) is 47.9 Å². The average Bonchev–Trinajstić information content (AvgIpc) is 3.57. The maximum absolute atomic E-state index is 12.6. The number of carbonyl (C=O) groups is 1. The van der Waals surface area contributed by atoms with Crippen LogP contribution < -0.4 is 5.32 Å². The number of nitrogens with one attached hydrogen (secondary N) is 1. The standard InChI is InChI=1S/C24H26N6OS3/c1-15-20(16-9-5-3-6-10-16)18(13-32-15)21-26-29-24(30(21)2)33-14-19(31)25-23-28-27-22(34-23)17-11-7-4-8-12-17/h3,5-6,9-10,13,17H,4,7-8,11-12,14H2,1-2H3,(H,25,28,31). The molecular formula is C24H26N6OS3. The molecule has 0 saturated heterocycles. The molecule has 1 N–H and O–H groups in total. The van der Waals surface area contributed by atoms with Crippen LogP contribution in [0.4, 0.5) is 5.13 Å². The number of aryl methyl sites for hydroxylation is 1. The van der Waals surface area contributed by atoms with Crippen LogP contribution in [-0.4, -0.2) is 36.6 Å². The molecule has 3 heterocycles. The zero-order valence-electron chi connectivity index (χ0n) is 19.2. The molecule has 0 radical (unpaired) electrons. The Morgan fingerprint density at radius 1 is 1.12 bits per heavy atom. The molecule has 1 aliphatic carbocycles. The SMILES string of the molecule is Cc1scc(-c2nnc(SCC(=O)Nc3nnc(C4CCCCC4)s3)n2C)c1-c1ccccc1. The first-order valence-electron chi connectivity index (χ1n) is 11.4. The molecule has 1 aliphatic rings. The molecule has 5 rings (SSSR count). The molecule has 1 fully saturated rings. The van der Waals surface area contributed by atoms with Crippen molar-refractivity contribution in [3.05, 3.63) is 45.6 Å². The lowest BCUT2D eigenvalue weighted by molar-refractivity contribution is -0.113. The average molecular weight is 511 g/mol. The van der Waals surface area contributed by atoms with Gasteiger partial charge in [-0.05, 0) is 25.3 Å². The molecule has 0 unspecified atom stereocenters. The number of benzene rings is 1. The summed E-state index contributed by atoms with van der Waals surface area (Å²) >= 11 is 4.58. The lowest BCUT2D eigenvalue weighted by atomic mass is 9.90. The number of nitrogens with zero attached hydrogens (tertiary/aromatic N) is 5. The van der Waals surface area contributed by atoms with Gasteiger partial charge in [0.05, 0.1) is 5.75 Å². The molecule has 0 aliphatic heterocycles. The van der Waals surface area contributed by atoms with Gasteiger partial charge in [-0.1, -0.05) is 72.7 Å². The zero-order chi connectivity index (χ0) is 23.5. The van der Waals surface area contributed by atoms with Crippen LogP contribution in [0.25, 0.3) is 22.5 Å². The Bertz CT molecular complexity index is 1270. The highest BCUT2D eigenvalue weighted by Gasteiger charge is 2.21. The number of anilines is 1. The van der Waals surface area contributed by atoms with Crippen LogP contribution in [0.3, 0.4) is 0 Å². The van der Waals surface area contributed by atoms with E-state index in [1.54, 1.807) is 11.3 Å². The summed E-state index contributed by atoms with van der Waals surface area (Å²) in [7, 11) is 1.94. The van der Waals surface area contributed by atoms with Gasteiger partial charge >= 0.3 is 0 Å². The van der Waals surface area contributed by atoms with E-state index in [1.165, 1.54) is 65.6 Å². The Kier molecular flexibility index (Phi) is 7.07. The summed E-state index contributed by atoms with van der Waals surface area (Å²) in [6.45, 7) is 2.13. The van der Waals surface area contributed by atoms with Gasteiger partial charge in [-0.3, -0.25) is 10.1 Å². The molecule has 1 aromatic carbocycles. The highest BCUT2D eigenvalue weighted by Crippen LogP contribution is 2.39. The highest BCUT2D eigenvalue weighted by molar-refractivity contribution is 7.99. The smallest absolute Gasteiger partial charge is 0.236 e. The summed E-state index contributed by atoms with van der Waals surface area (Å²) in [6, 6.07) is 10.3. The minimum atomic E-state index is -0.114. The molecule has 10 heteroatoms. The number of aromatic nitrogens is 5. The number of hydrogen-bond donors (Lipinski definition) is 1. The zero-order valence-corrected chi connectivity index (χ0v) is 21.6. The van der Waals surface area contributed by atoms with Crippen molar-refractivity contribution in [1.29, 1.82) is 0 Å². The number of amides is 1. The molecular weight excluding hydrogens is 485 g/mol. The Labute approximate surface area is 211 Å². The van der Waals surface area contributed by atoms with Crippen LogP contribution >= 0.6 is 34.4 Å². The molecule has 1 saturated carbocycles. The predicted octanol–water partition coefficient (Wildman–Crippen LogP) is 6.15. The van der Waals surface area contributed by atoms with Crippen molar-refractivity contribution in [3.8, 4) is 22.5 Å². The molecule has 0 atom stereocenters. The lowest BCUT2D eigenvalue weighted by Gasteiger charge is -2.18. The molecule has 0 spiro atoms. The van der Waals surface area contributed by atoms with Crippen LogP contribution in [0, 0.1) is 6.92 Å². The van der Waals surface area contributed by atoms with Crippen molar-refractivity contribution in [2.75, 3.05) is 11.1 Å². The summed E-state index contributed by atoms with van der Waals surface area (Å²) in [4.78, 5) is 13.8. The summed E-state index contributed by atoms with van der Waals surface area (Å²) < 4.78 is 1.96. The van der Waals surface area contributed by atoms with Crippen molar-refractivity contribution in [1.82, 2.24) is 25.0 Å². The minimum Gasteiger partial charge on any atom is -0.305 e. The summed E-state index contributed by atoms with van der Waals surface area (Å²) in [6.07, 6.45) is 6.14. The third kappa shape index (κ3) is 4.94. The summed E-state index contributed by atoms with van der Waals surface area (Å²) in [5, 5.41) is 24.6. The predicted molar refractivity (Wildman–Crippen MR) is 140 cm³/mol. The van der Waals surface area contributed by atoms with Crippen molar-refractivity contribution >= 4 is 45.5 Å². The van der Waals surface area contributed by atoms with E-state index >= 15 is 0 Å². The number of carbonyl (C=O) groups excluding carboxylic acids is 1. The van der Waals surface area contributed by atoms with Crippen molar-refractivity contribution < 1.29 is 4.79 Å². The van der Waals surface area contributed by atoms with Gasteiger partial charge in [0.1, 0.15) is 5.01 Å². The van der Waals surface area contributed by atoms with Crippen LogP contribution in [0.2, 0.25) is 0 Å². The Morgan fingerprint density at radius 2 is 1.91 bits per heavy atom. The fraction of sp³-hybridized carbons (Fsp3) is 0.375. The van der Waals surface area contributed by atoms with E-state index in [2.05, 4.69) is 50.1 Å². The maximum atomic E-state index is 12.6. The molecule has 7 nitrogen and oxygen atoms in total. The van der Waals surface area contributed by atoms with Crippen molar-refractivity contribution in [3.63, 3.8) is 0 Å². The lowest BCUT2D eigenvalue weighted by Crippen LogP contribution is -2.14. The van der Waals surface area contributed by atoms with Gasteiger partial charge < -0.3 is 4.57 Å². The van der Waals surface area contributed by atoms with Crippen molar-refractivity contribution in [2.24, 2.45) is 7.05 Å². The fourth-order valence-electron chi connectivity index (χ4n) is 4.34. The Hall–Kier alpha value is -2.56. The van der Waals surface area contributed by atoms with Gasteiger partial charge in [-0.2, -0.15) is 0 Å². The van der Waals surface area contributed by atoms with Crippen LogP contribution in [0.15, 0.2) is 40.9 Å². The monoisotopic (exact) mass is 510 g/mol. The van der Waals surface area contributed by atoms with Gasteiger partial charge in [-0.25, -0.2) is 0 Å². The second-order valence-electron chi connectivity index (χ2n) is 8.43. The van der Waals surface area contributed by atoms with E-state index < -0.39 is 0 Å². The number of thiophene rings is 1. The first-order chi connectivity index (χ1) is 16.6. The second-order valence-corrected chi connectivity index (χ2v) is 11.5. The first-order valence-corrected chi connectivity index (χ1v) is 14.1. The fourth-order valence-corrected chi connectivity index (χ4v) is 6.85. The molecule has 1 amide bonds. The minimum absolute atomic E-state index is 0.114. The van der Waals surface area contributed by atoms with Crippen LogP contribution in [-0.2, 0) is 11.8 Å². The molecule has 4 aromatic rings. The molecule has 3 aromatic heterocycles. The molecule has 34 heavy (non-hydrogen) atoms. The Balaban J connectivity index is 1.24. The normalized spacial score (nSPS) is 14.4. The number of thioether (sulfide) groups is 1. The number of rotatable bonds is 7. The van der Waals surface area contributed by atoms with E-state index in [-0.39, 0.29) is 11.7 Å². The van der Waals surface area contributed by atoms with E-state index in [9.17, 15) is 4.79 Å². The summed E-state index contributed by atoms with van der Waals surface area (Å²) in [5.41, 5.74) is 3.40. The van der Waals surface area contributed by atoms with Crippen molar-refractivity contribution in [2.45, 2.75) is 50.1 Å². The quantitative estimate of drug-likeness (QED) is 0.300. The van der Waals surface area contributed by atoms with Crippen LogP contribution in [0.5, 0.6) is 0 Å². The molecule has 176 valence electrons. The third-order valence-corrected chi connectivity index (χ3v) is 9.02. The van der Waals surface area contributed by atoms with E-state index in [1.807, 2.05) is 29.8 Å². The highest BCUT2D eigenvalue weighted by atomic mass is 32.2. The first kappa shape index (κ1) is 23.2.